The number of aromatic nitrogens is 1. The van der Waals surface area contributed by atoms with Crippen LogP contribution in [-0.4, -0.2) is 5.16 Å². The van der Waals surface area contributed by atoms with Crippen LogP contribution in [0, 0.1) is 6.39 Å². The molecule has 0 fully saturated rings. The van der Waals surface area contributed by atoms with Crippen LogP contribution in [0.2, 0.25) is 0 Å². The third-order valence-corrected chi connectivity index (χ3v) is 0.286. The summed E-state index contributed by atoms with van der Waals surface area (Å²) in [6.45, 7) is 0. The van der Waals surface area contributed by atoms with E-state index in [1.54, 1.807) is 0 Å². The average molecular weight is 86.0 g/mol. The van der Waals surface area contributed by atoms with Gasteiger partial charge in [-0.3, -0.25) is 4.52 Å². The summed E-state index contributed by atoms with van der Waals surface area (Å²) in [7, 11) is 0. The zero-order valence-corrected chi connectivity index (χ0v) is 2.67. The van der Waals surface area contributed by atoms with Gasteiger partial charge in [-0.25, -0.2) is 4.79 Å². The number of nitrogens with zero attached hydrogens (tertiary/aromatic N) is 1. The van der Waals surface area contributed by atoms with Gasteiger partial charge in [0.25, 0.3) is 0 Å². The van der Waals surface area contributed by atoms with Crippen molar-refractivity contribution in [2.24, 2.45) is 0 Å². The summed E-state index contributed by atoms with van der Waals surface area (Å²) in [6, 6.07) is 0. The van der Waals surface area contributed by atoms with Crippen LogP contribution in [0.1, 0.15) is 0 Å². The topological polar surface area (TPSA) is 56.2 Å². The number of hydrogen-bond acceptors (Lipinski definition) is 4. The molecular formula is C2NO3. The van der Waals surface area contributed by atoms with Gasteiger partial charge in [0.2, 0.25) is 0 Å². The second-order valence-electron chi connectivity index (χ2n) is 0.626. The molecule has 0 aliphatic heterocycles. The molecule has 1 aromatic heterocycles. The van der Waals surface area contributed by atoms with Crippen LogP contribution in [0.4, 0.5) is 0 Å². The Bertz CT molecular complexity index is 147. The van der Waals surface area contributed by atoms with Crippen molar-refractivity contribution in [3.63, 3.8) is 0 Å². The molecule has 0 aliphatic rings. The Morgan fingerprint density at radius 2 is 2.67 bits per heavy atom. The molecule has 0 spiro atoms. The lowest BCUT2D eigenvalue weighted by atomic mass is 11.5. The monoisotopic (exact) mass is 86.0 g/mol. The van der Waals surface area contributed by atoms with Gasteiger partial charge in [0.05, 0.1) is 0 Å². The number of rotatable bonds is 0. The van der Waals surface area contributed by atoms with Gasteiger partial charge in [-0.1, -0.05) is 0 Å². The Labute approximate surface area is 32.4 Å². The maximum absolute atomic E-state index is 9.64. The maximum Gasteiger partial charge on any atom is 0.542 e. The minimum atomic E-state index is -0.824. The third kappa shape index (κ3) is 0.314. The van der Waals surface area contributed by atoms with Crippen LogP contribution < -0.4 is 5.82 Å². The molecule has 0 aromatic carbocycles. The summed E-state index contributed by atoms with van der Waals surface area (Å²) in [4.78, 5) is 9.64. The smallest absolute Gasteiger partial charge is 0.365 e. The van der Waals surface area contributed by atoms with Gasteiger partial charge in [-0.05, 0) is 5.16 Å². The van der Waals surface area contributed by atoms with Gasteiger partial charge in [0.15, 0.2) is 0 Å². The number of hydrogen-bond donors (Lipinski definition) is 0. The molecule has 0 saturated carbocycles. The lowest BCUT2D eigenvalue weighted by Gasteiger charge is -1.44. The van der Waals surface area contributed by atoms with Crippen LogP contribution in [0.15, 0.2) is 13.7 Å². The summed E-state index contributed by atoms with van der Waals surface area (Å²) < 4.78 is 7.68. The van der Waals surface area contributed by atoms with Gasteiger partial charge in [-0.15, -0.1) is 0 Å². The molecule has 6 heavy (non-hydrogen) atoms. The molecule has 0 bridgehead atoms. The van der Waals surface area contributed by atoms with Crippen LogP contribution in [0.25, 0.3) is 0 Å². The SMILES string of the molecule is O=c1o[c]no1. The van der Waals surface area contributed by atoms with Crippen LogP contribution in [0.3, 0.4) is 0 Å². The highest BCUT2D eigenvalue weighted by Crippen LogP contribution is 1.58. The van der Waals surface area contributed by atoms with Crippen molar-refractivity contribution in [1.29, 1.82) is 0 Å². The first-order valence-corrected chi connectivity index (χ1v) is 1.22. The van der Waals surface area contributed by atoms with Gasteiger partial charge in [0, 0.05) is 0 Å². The second kappa shape index (κ2) is 0.965. The molecule has 0 amide bonds. The van der Waals surface area contributed by atoms with E-state index in [9.17, 15) is 4.79 Å². The fraction of sp³-hybridized carbons (Fsp3) is 0. The van der Waals surface area contributed by atoms with E-state index in [-0.39, 0.29) is 0 Å². The van der Waals surface area contributed by atoms with E-state index in [0.29, 0.717) is 0 Å². The minimum Gasteiger partial charge on any atom is -0.365 e. The fourth-order valence-corrected chi connectivity index (χ4v) is 0.130. The van der Waals surface area contributed by atoms with Crippen molar-refractivity contribution in [2.45, 2.75) is 0 Å². The zero-order chi connectivity index (χ0) is 4.41. The third-order valence-electron chi connectivity index (χ3n) is 0.286. The largest absolute Gasteiger partial charge is 0.542 e. The van der Waals surface area contributed by atoms with E-state index in [1.807, 2.05) is 6.39 Å². The highest BCUT2D eigenvalue weighted by Gasteiger charge is 1.81. The van der Waals surface area contributed by atoms with Crippen molar-refractivity contribution >= 4 is 0 Å². The van der Waals surface area contributed by atoms with E-state index < -0.39 is 5.82 Å². The Balaban J connectivity index is 3.41. The lowest BCUT2D eigenvalue weighted by Crippen LogP contribution is -1.84. The predicted octanol–water partition coefficient (Wildman–Crippen LogP) is -0.572. The van der Waals surface area contributed by atoms with Gasteiger partial charge >= 0.3 is 12.2 Å². The van der Waals surface area contributed by atoms with Crippen LogP contribution in [0.5, 0.6) is 0 Å². The molecule has 1 rings (SSSR count). The van der Waals surface area contributed by atoms with E-state index in [2.05, 4.69) is 14.1 Å². The molecule has 31 valence electrons. The Kier molecular flexibility index (Phi) is 0.506. The van der Waals surface area contributed by atoms with Crippen molar-refractivity contribution in [1.82, 2.24) is 5.16 Å². The van der Waals surface area contributed by atoms with E-state index in [0.717, 1.165) is 0 Å². The van der Waals surface area contributed by atoms with E-state index in [1.165, 1.54) is 0 Å². The second-order valence-corrected chi connectivity index (χ2v) is 0.626. The van der Waals surface area contributed by atoms with Crippen LogP contribution >= 0.6 is 0 Å². The Hall–Kier alpha value is -1.06. The highest BCUT2D eigenvalue weighted by atomic mass is 16.6. The predicted molar refractivity (Wildman–Crippen MR) is 13.9 cm³/mol. The molecule has 0 N–H and O–H groups in total. The molecule has 4 nitrogen and oxygen atoms in total. The first-order chi connectivity index (χ1) is 2.89. The fourth-order valence-electron chi connectivity index (χ4n) is 0.130. The van der Waals surface area contributed by atoms with Gasteiger partial charge < -0.3 is 4.42 Å². The van der Waals surface area contributed by atoms with Crippen molar-refractivity contribution in [3.05, 3.63) is 17.0 Å². The summed E-state index contributed by atoms with van der Waals surface area (Å²) in [6.07, 6.45) is 1.83. The highest BCUT2D eigenvalue weighted by molar-refractivity contribution is 4.25. The van der Waals surface area contributed by atoms with E-state index in [4.69, 9.17) is 0 Å². The van der Waals surface area contributed by atoms with Crippen molar-refractivity contribution in [2.75, 3.05) is 0 Å². The average Bonchev–Trinajstić information content (AvgIpc) is 1.86. The van der Waals surface area contributed by atoms with Crippen molar-refractivity contribution < 1.29 is 8.94 Å². The van der Waals surface area contributed by atoms with E-state index >= 15 is 0 Å². The molecule has 1 heterocycles. The molecule has 0 unspecified atom stereocenters. The standard InChI is InChI=1S/C2NO3/c4-2-5-1-3-6-2. The summed E-state index contributed by atoms with van der Waals surface area (Å²) in [5.41, 5.74) is 0. The molecular weight excluding hydrogens is 86.0 g/mol. The quantitative estimate of drug-likeness (QED) is 0.424. The Morgan fingerprint density at radius 3 is 2.83 bits per heavy atom. The summed E-state index contributed by atoms with van der Waals surface area (Å²) >= 11 is 0. The first kappa shape index (κ1) is 3.14. The van der Waals surface area contributed by atoms with Crippen molar-refractivity contribution in [3.8, 4) is 0 Å². The molecule has 1 aromatic rings. The normalized spacial score (nSPS) is 8.67. The Morgan fingerprint density at radius 1 is 1.83 bits per heavy atom. The van der Waals surface area contributed by atoms with Gasteiger partial charge in [-0.2, -0.15) is 0 Å². The molecule has 0 aliphatic carbocycles. The molecule has 1 radical (unpaired) electrons. The summed E-state index contributed by atoms with van der Waals surface area (Å²) in [5.74, 6) is -0.824. The van der Waals surface area contributed by atoms with Gasteiger partial charge in [0.1, 0.15) is 0 Å². The van der Waals surface area contributed by atoms with Crippen LogP contribution in [-0.2, 0) is 0 Å². The maximum atomic E-state index is 9.64. The molecule has 0 atom stereocenters. The minimum absolute atomic E-state index is 0.824. The lowest BCUT2D eigenvalue weighted by molar-refractivity contribution is 0.335. The first-order valence-electron chi connectivity index (χ1n) is 1.22. The summed E-state index contributed by atoms with van der Waals surface area (Å²) in [5, 5.41) is 2.84. The zero-order valence-electron chi connectivity index (χ0n) is 2.67. The molecule has 0 saturated heterocycles. The molecule has 4 heteroatoms.